The predicted molar refractivity (Wildman–Crippen MR) is 131 cm³/mol. The van der Waals surface area contributed by atoms with Crippen LogP contribution in [0, 0.1) is 11.6 Å². The number of carbonyl (C=O) groups is 1. The third-order valence-electron chi connectivity index (χ3n) is 5.64. The fourth-order valence-corrected chi connectivity index (χ4v) is 5.72. The van der Waals surface area contributed by atoms with Gasteiger partial charge in [-0.3, -0.25) is 4.79 Å². The Hall–Kier alpha value is -3.28. The van der Waals surface area contributed by atoms with Gasteiger partial charge in [-0.2, -0.15) is 25.9 Å². The van der Waals surface area contributed by atoms with Crippen molar-refractivity contribution in [3.8, 4) is 0 Å². The Morgan fingerprint density at radius 3 is 2.50 bits per heavy atom. The van der Waals surface area contributed by atoms with Gasteiger partial charge in [0.1, 0.15) is 11.9 Å². The van der Waals surface area contributed by atoms with Gasteiger partial charge in [0.25, 0.3) is 5.56 Å². The summed E-state index contributed by atoms with van der Waals surface area (Å²) in [5, 5.41) is 0.712. The summed E-state index contributed by atoms with van der Waals surface area (Å²) in [4.78, 5) is 32.2. The van der Waals surface area contributed by atoms with Crippen LogP contribution in [0.1, 0.15) is 6.42 Å². The van der Waals surface area contributed by atoms with Crippen LogP contribution in [0.4, 0.5) is 43.4 Å². The molecule has 1 saturated heterocycles. The molecule has 1 aliphatic rings. The zero-order chi connectivity index (χ0) is 29.7. The van der Waals surface area contributed by atoms with Gasteiger partial charge >= 0.3 is 22.4 Å². The summed E-state index contributed by atoms with van der Waals surface area (Å²) in [5.41, 5.74) is -3.08. The van der Waals surface area contributed by atoms with E-state index in [2.05, 4.69) is 15.1 Å². The van der Waals surface area contributed by atoms with Crippen LogP contribution in [0.2, 0.25) is 10.0 Å². The molecule has 1 aliphatic heterocycles. The molecule has 0 bridgehead atoms. The molecule has 0 radical (unpaired) electrons. The number of aryl methyl sites for hydroxylation is 1. The lowest BCUT2D eigenvalue weighted by Gasteiger charge is -2.28. The van der Waals surface area contributed by atoms with Crippen molar-refractivity contribution in [1.82, 2.24) is 13.9 Å². The molecule has 0 unspecified atom stereocenters. The summed E-state index contributed by atoms with van der Waals surface area (Å²) in [7, 11) is -3.96. The number of nitrogens with one attached hydrogen (secondary N) is 1. The van der Waals surface area contributed by atoms with E-state index in [1.54, 1.807) is 0 Å². The number of aromatic nitrogens is 2. The van der Waals surface area contributed by atoms with Gasteiger partial charge in [0.15, 0.2) is 11.6 Å². The van der Waals surface area contributed by atoms with E-state index >= 15 is 0 Å². The van der Waals surface area contributed by atoms with Gasteiger partial charge in [-0.15, -0.1) is 0 Å². The van der Waals surface area contributed by atoms with E-state index in [0.29, 0.717) is 4.31 Å². The largest absolute Gasteiger partial charge is 0.493 e. The van der Waals surface area contributed by atoms with Gasteiger partial charge in [0, 0.05) is 26.2 Å². The third kappa shape index (κ3) is 5.37. The van der Waals surface area contributed by atoms with Gasteiger partial charge in [0.2, 0.25) is 0 Å². The van der Waals surface area contributed by atoms with E-state index < -0.39 is 79.7 Å². The molecule has 40 heavy (non-hydrogen) atoms. The van der Waals surface area contributed by atoms with E-state index in [-0.39, 0.29) is 34.1 Å². The Morgan fingerprint density at radius 2 is 1.90 bits per heavy atom. The highest BCUT2D eigenvalue weighted by Gasteiger charge is 2.47. The molecular formula is C21H15Cl2F6N5O5S. The second-order valence-corrected chi connectivity index (χ2v) is 10.8. The van der Waals surface area contributed by atoms with Crippen LogP contribution < -0.4 is 15.3 Å². The number of hydrogen-bond acceptors (Lipinski definition) is 7. The molecule has 10 nitrogen and oxygen atoms in total. The average molecular weight is 634 g/mol. The minimum atomic E-state index is -5.73. The Kier molecular flexibility index (Phi) is 7.87. The monoisotopic (exact) mass is 633 g/mol. The van der Waals surface area contributed by atoms with E-state index in [4.69, 9.17) is 23.2 Å². The molecule has 1 aromatic heterocycles. The van der Waals surface area contributed by atoms with Crippen LogP contribution in [0.5, 0.6) is 0 Å². The van der Waals surface area contributed by atoms with Gasteiger partial charge in [0.05, 0.1) is 38.7 Å². The van der Waals surface area contributed by atoms with E-state index in [9.17, 15) is 44.3 Å². The fourth-order valence-electron chi connectivity index (χ4n) is 3.67. The smallest absolute Gasteiger partial charge is 0.351 e. The second-order valence-electron chi connectivity index (χ2n) is 8.34. The number of nitrogens with zero attached hydrogens (tertiary/aromatic N) is 4. The first kappa shape index (κ1) is 29.7. The lowest BCUT2D eigenvalue weighted by molar-refractivity contribution is -0.199. The molecule has 4 rings (SSSR count). The first-order valence-electron chi connectivity index (χ1n) is 10.9. The third-order valence-corrected chi connectivity index (χ3v) is 8.09. The number of halogens is 8. The molecule has 0 amide bonds. The molecule has 1 atom stereocenters. The topological polar surface area (TPSA) is 114 Å². The highest BCUT2D eigenvalue weighted by Crippen LogP contribution is 2.42. The van der Waals surface area contributed by atoms with Gasteiger partial charge in [-0.1, -0.05) is 27.7 Å². The Bertz CT molecular complexity index is 1690. The van der Waals surface area contributed by atoms with Gasteiger partial charge < -0.3 is 14.7 Å². The molecular weight excluding hydrogens is 619 g/mol. The number of anilines is 3. The normalized spacial score (nSPS) is 16.4. The van der Waals surface area contributed by atoms with Crippen molar-refractivity contribution >= 4 is 67.3 Å². The molecule has 3 aromatic rings. The van der Waals surface area contributed by atoms with E-state index in [1.807, 2.05) is 0 Å². The lowest BCUT2D eigenvalue weighted by atomic mass is 10.2. The SMILES string of the molecule is Cn1cnc2ccc(Nc3c(F)c(F)cc(N(OC(=O)C(F)(F)F)S(=O)(=O)N4CC[C@@H](F)C4)c3Cl)c(Cl)c2c1=O. The van der Waals surface area contributed by atoms with Crippen molar-refractivity contribution in [3.63, 3.8) is 0 Å². The summed E-state index contributed by atoms with van der Waals surface area (Å²) in [6, 6.07) is 2.52. The van der Waals surface area contributed by atoms with Crippen molar-refractivity contribution in [1.29, 1.82) is 0 Å². The van der Waals surface area contributed by atoms with Crippen molar-refractivity contribution in [3.05, 3.63) is 56.6 Å². The maximum atomic E-state index is 14.9. The summed E-state index contributed by atoms with van der Waals surface area (Å²) in [5.74, 6) is -6.64. The maximum Gasteiger partial charge on any atom is 0.493 e. The van der Waals surface area contributed by atoms with Crippen LogP contribution in [-0.2, 0) is 26.9 Å². The lowest BCUT2D eigenvalue weighted by Crippen LogP contribution is -2.46. The van der Waals surface area contributed by atoms with E-state index in [0.717, 1.165) is 4.57 Å². The number of carbonyl (C=O) groups excluding carboxylic acids is 1. The highest BCUT2D eigenvalue weighted by atomic mass is 35.5. The van der Waals surface area contributed by atoms with Gasteiger partial charge in [-0.25, -0.2) is 22.9 Å². The van der Waals surface area contributed by atoms with Crippen LogP contribution in [0.25, 0.3) is 10.9 Å². The minimum absolute atomic E-state index is 0.0642. The van der Waals surface area contributed by atoms with Crippen molar-refractivity contribution in [2.75, 3.05) is 22.9 Å². The average Bonchev–Trinajstić information content (AvgIpc) is 3.32. The van der Waals surface area contributed by atoms with Crippen molar-refractivity contribution in [2.45, 2.75) is 18.8 Å². The maximum absolute atomic E-state index is 14.9. The molecule has 1 fully saturated rings. The van der Waals surface area contributed by atoms with Gasteiger partial charge in [-0.05, 0) is 18.6 Å². The minimum Gasteiger partial charge on any atom is -0.351 e. The first-order chi connectivity index (χ1) is 18.5. The summed E-state index contributed by atoms with van der Waals surface area (Å²) < 4.78 is 109. The number of benzene rings is 2. The number of rotatable bonds is 6. The molecule has 1 N–H and O–H groups in total. The zero-order valence-electron chi connectivity index (χ0n) is 19.8. The summed E-state index contributed by atoms with van der Waals surface area (Å²) in [6.45, 7) is -1.36. The molecule has 216 valence electrons. The fraction of sp³-hybridized carbons (Fsp3) is 0.286. The summed E-state index contributed by atoms with van der Waals surface area (Å²) >= 11 is 12.4. The number of hydrogen-bond donors (Lipinski definition) is 1. The molecule has 0 saturated carbocycles. The molecule has 2 aromatic carbocycles. The standard InChI is InChI=1S/C21H15Cl2F6N5O5S/c1-32-8-30-11-2-3-12(15(22)14(11)19(32)35)31-18-16(23)13(6-10(25)17(18)26)34(39-20(36)21(27,28)29)40(37,38)33-5-4-9(24)7-33/h2-3,6,8-9,31H,4-5,7H2,1H3/t9-/m1/s1. The van der Waals surface area contributed by atoms with Crippen LogP contribution in [-0.4, -0.2) is 53.7 Å². The zero-order valence-corrected chi connectivity index (χ0v) is 22.1. The van der Waals surface area contributed by atoms with Crippen molar-refractivity contribution in [2.24, 2.45) is 7.05 Å². The quantitative estimate of drug-likeness (QED) is 0.243. The Labute approximate surface area is 230 Å². The molecule has 2 heterocycles. The van der Waals surface area contributed by atoms with Crippen molar-refractivity contribution < 1.29 is 44.4 Å². The first-order valence-corrected chi connectivity index (χ1v) is 13.0. The summed E-state index contributed by atoms with van der Waals surface area (Å²) in [6.07, 6.45) is -6.57. The number of fused-ring (bicyclic) bond motifs is 1. The molecule has 19 heteroatoms. The Balaban J connectivity index is 1.87. The van der Waals surface area contributed by atoms with E-state index in [1.165, 1.54) is 25.5 Å². The second kappa shape index (κ2) is 10.6. The van der Waals surface area contributed by atoms with Crippen LogP contribution in [0.15, 0.2) is 29.3 Å². The van der Waals surface area contributed by atoms with Crippen LogP contribution >= 0.6 is 23.2 Å². The predicted octanol–water partition coefficient (Wildman–Crippen LogP) is 4.38. The highest BCUT2D eigenvalue weighted by molar-refractivity contribution is 7.90. The molecule has 0 aliphatic carbocycles. The number of alkyl halides is 4. The molecule has 0 spiro atoms. The Morgan fingerprint density at radius 1 is 1.23 bits per heavy atom. The van der Waals surface area contributed by atoms with Crippen LogP contribution in [0.3, 0.4) is 0 Å².